The van der Waals surface area contributed by atoms with E-state index in [0.29, 0.717) is 11.7 Å². The van der Waals surface area contributed by atoms with Gasteiger partial charge in [-0.25, -0.2) is 0 Å². The van der Waals surface area contributed by atoms with Crippen molar-refractivity contribution in [2.24, 2.45) is 0 Å². The van der Waals surface area contributed by atoms with Crippen LogP contribution >= 0.6 is 0 Å². The summed E-state index contributed by atoms with van der Waals surface area (Å²) in [6.45, 7) is 5.12. The highest BCUT2D eigenvalue weighted by atomic mass is 16.6. The molecule has 108 valence electrons. The lowest BCUT2D eigenvalue weighted by Gasteiger charge is -2.38. The minimum absolute atomic E-state index is 0.0881. The van der Waals surface area contributed by atoms with Crippen molar-refractivity contribution >= 4 is 11.4 Å². The largest absolute Gasteiger partial charge is 0.380 e. The minimum atomic E-state index is -0.362. The molecule has 0 bridgehead atoms. The number of hydrogen-bond acceptors (Lipinski definition) is 6. The highest BCUT2D eigenvalue weighted by molar-refractivity contribution is 5.61. The summed E-state index contributed by atoms with van der Waals surface area (Å²) >= 11 is 0. The van der Waals surface area contributed by atoms with Crippen LogP contribution in [0.15, 0.2) is 18.5 Å². The van der Waals surface area contributed by atoms with E-state index in [9.17, 15) is 10.1 Å². The van der Waals surface area contributed by atoms with E-state index in [0.717, 1.165) is 45.8 Å². The number of hydrogen-bond donors (Lipinski definition) is 0. The lowest BCUT2D eigenvalue weighted by molar-refractivity contribution is -0.384. The Labute approximate surface area is 117 Å². The Bertz CT molecular complexity index is 482. The van der Waals surface area contributed by atoms with Crippen molar-refractivity contribution in [1.82, 2.24) is 9.88 Å². The Morgan fingerprint density at radius 1 is 1.35 bits per heavy atom. The monoisotopic (exact) mass is 278 g/mol. The molecule has 0 aliphatic carbocycles. The lowest BCUT2D eigenvalue weighted by atomic mass is 10.1. The van der Waals surface area contributed by atoms with Crippen LogP contribution in [0.4, 0.5) is 11.4 Å². The normalized spacial score (nSPS) is 24.0. The molecular weight excluding hydrogens is 260 g/mol. The molecular formula is C13H18N4O3. The third-order valence-electron chi connectivity index (χ3n) is 4.05. The fraction of sp³-hybridized carbons (Fsp3) is 0.615. The van der Waals surface area contributed by atoms with Crippen molar-refractivity contribution in [2.75, 3.05) is 44.3 Å². The van der Waals surface area contributed by atoms with Gasteiger partial charge in [0.1, 0.15) is 11.9 Å². The molecule has 0 amide bonds. The molecule has 0 N–H and O–H groups in total. The molecule has 2 aliphatic rings. The fourth-order valence-corrected chi connectivity index (χ4v) is 2.92. The SMILES string of the molecule is O=[N+]([O-])c1cnccc1N1CCN(C2CCOC2)CC1. The first-order valence-corrected chi connectivity index (χ1v) is 6.91. The highest BCUT2D eigenvalue weighted by Crippen LogP contribution is 2.28. The molecule has 1 aromatic rings. The molecule has 0 spiro atoms. The number of rotatable bonds is 3. The van der Waals surface area contributed by atoms with Crippen LogP contribution in [0.3, 0.4) is 0 Å². The quantitative estimate of drug-likeness (QED) is 0.604. The van der Waals surface area contributed by atoms with E-state index in [1.54, 1.807) is 12.3 Å². The molecule has 1 aromatic heterocycles. The van der Waals surface area contributed by atoms with Crippen molar-refractivity contribution in [3.05, 3.63) is 28.6 Å². The Morgan fingerprint density at radius 3 is 2.80 bits per heavy atom. The van der Waals surface area contributed by atoms with Gasteiger partial charge >= 0.3 is 5.69 Å². The average Bonchev–Trinajstić information content (AvgIpc) is 3.02. The molecule has 0 aromatic carbocycles. The summed E-state index contributed by atoms with van der Waals surface area (Å²) in [5.74, 6) is 0. The van der Waals surface area contributed by atoms with E-state index in [1.165, 1.54) is 6.20 Å². The molecule has 1 atom stereocenters. The highest BCUT2D eigenvalue weighted by Gasteiger charge is 2.28. The zero-order valence-electron chi connectivity index (χ0n) is 11.3. The molecule has 2 aliphatic heterocycles. The maximum atomic E-state index is 11.0. The smallest absolute Gasteiger partial charge is 0.310 e. The summed E-state index contributed by atoms with van der Waals surface area (Å²) in [6.07, 6.45) is 4.03. The first-order chi connectivity index (χ1) is 9.75. The van der Waals surface area contributed by atoms with Crippen LogP contribution in [0.25, 0.3) is 0 Å². The van der Waals surface area contributed by atoms with Crippen molar-refractivity contribution in [3.63, 3.8) is 0 Å². The maximum Gasteiger partial charge on any atom is 0.310 e. The van der Waals surface area contributed by atoms with Crippen LogP contribution in [0.2, 0.25) is 0 Å². The zero-order valence-corrected chi connectivity index (χ0v) is 11.3. The first-order valence-electron chi connectivity index (χ1n) is 6.91. The van der Waals surface area contributed by atoms with Gasteiger partial charge < -0.3 is 9.64 Å². The predicted molar refractivity (Wildman–Crippen MR) is 73.9 cm³/mol. The van der Waals surface area contributed by atoms with E-state index in [1.807, 2.05) is 0 Å². The molecule has 0 saturated carbocycles. The van der Waals surface area contributed by atoms with Gasteiger partial charge in [-0.2, -0.15) is 0 Å². The number of pyridine rings is 1. The van der Waals surface area contributed by atoms with E-state index in [-0.39, 0.29) is 10.6 Å². The number of aromatic nitrogens is 1. The van der Waals surface area contributed by atoms with Gasteiger partial charge in [-0.05, 0) is 12.5 Å². The Balaban J connectivity index is 1.67. The standard InChI is InChI=1S/C13H18N4O3/c18-17(19)13-9-14-3-1-12(13)16-6-4-15(5-7-16)11-2-8-20-10-11/h1,3,9,11H,2,4-8,10H2. The van der Waals surface area contributed by atoms with E-state index < -0.39 is 0 Å². The molecule has 20 heavy (non-hydrogen) atoms. The minimum Gasteiger partial charge on any atom is -0.380 e. The van der Waals surface area contributed by atoms with Crippen LogP contribution < -0.4 is 4.90 Å². The first kappa shape index (κ1) is 13.3. The molecule has 7 heteroatoms. The fourth-order valence-electron chi connectivity index (χ4n) is 2.92. The second-order valence-electron chi connectivity index (χ2n) is 5.16. The van der Waals surface area contributed by atoms with E-state index in [4.69, 9.17) is 4.74 Å². The topological polar surface area (TPSA) is 71.7 Å². The Kier molecular flexibility index (Phi) is 3.79. The summed E-state index contributed by atoms with van der Waals surface area (Å²) in [7, 11) is 0. The van der Waals surface area contributed by atoms with Crippen molar-refractivity contribution in [1.29, 1.82) is 0 Å². The van der Waals surface area contributed by atoms with Gasteiger partial charge in [0.15, 0.2) is 0 Å². The lowest BCUT2D eigenvalue weighted by Crippen LogP contribution is -2.50. The van der Waals surface area contributed by atoms with E-state index in [2.05, 4.69) is 14.8 Å². The molecule has 7 nitrogen and oxygen atoms in total. The molecule has 3 heterocycles. The third-order valence-corrected chi connectivity index (χ3v) is 4.05. The number of ether oxygens (including phenoxy) is 1. The molecule has 2 fully saturated rings. The van der Waals surface area contributed by atoms with Gasteiger partial charge in [0.05, 0.1) is 11.5 Å². The molecule has 0 radical (unpaired) electrons. The summed E-state index contributed by atoms with van der Waals surface area (Å²) in [4.78, 5) is 19.0. The number of nitro groups is 1. The summed E-state index contributed by atoms with van der Waals surface area (Å²) in [5.41, 5.74) is 0.762. The summed E-state index contributed by atoms with van der Waals surface area (Å²) in [6, 6.07) is 2.25. The number of anilines is 1. The van der Waals surface area contributed by atoms with Gasteiger partial charge in [-0.1, -0.05) is 0 Å². The third kappa shape index (κ3) is 2.59. The van der Waals surface area contributed by atoms with Crippen molar-refractivity contribution < 1.29 is 9.66 Å². The van der Waals surface area contributed by atoms with Crippen LogP contribution in [-0.2, 0) is 4.74 Å². The average molecular weight is 278 g/mol. The van der Waals surface area contributed by atoms with Crippen LogP contribution in [0.1, 0.15) is 6.42 Å². The Hall–Kier alpha value is -1.73. The molecule has 1 unspecified atom stereocenters. The summed E-state index contributed by atoms with van der Waals surface area (Å²) in [5, 5.41) is 11.0. The van der Waals surface area contributed by atoms with Crippen molar-refractivity contribution in [3.8, 4) is 0 Å². The number of nitrogens with zero attached hydrogens (tertiary/aromatic N) is 4. The van der Waals surface area contributed by atoms with Crippen molar-refractivity contribution in [2.45, 2.75) is 12.5 Å². The predicted octanol–water partition coefficient (Wildman–Crippen LogP) is 0.901. The summed E-state index contributed by atoms with van der Waals surface area (Å²) < 4.78 is 5.42. The maximum absolute atomic E-state index is 11.0. The second-order valence-corrected chi connectivity index (χ2v) is 5.16. The van der Waals surface area contributed by atoms with Crippen LogP contribution in [-0.4, -0.2) is 60.2 Å². The van der Waals surface area contributed by atoms with Gasteiger partial charge in [-0.3, -0.25) is 20.0 Å². The second kappa shape index (κ2) is 5.72. The van der Waals surface area contributed by atoms with Gasteiger partial charge in [-0.15, -0.1) is 0 Å². The molecule has 3 rings (SSSR count). The van der Waals surface area contributed by atoms with E-state index >= 15 is 0 Å². The zero-order chi connectivity index (χ0) is 13.9. The number of piperazine rings is 1. The Morgan fingerprint density at radius 2 is 2.15 bits per heavy atom. The van der Waals surface area contributed by atoms with Gasteiger partial charge in [0.25, 0.3) is 0 Å². The molecule has 2 saturated heterocycles. The van der Waals surface area contributed by atoms with Gasteiger partial charge in [0, 0.05) is 45.0 Å². The van der Waals surface area contributed by atoms with Crippen LogP contribution in [0, 0.1) is 10.1 Å². The van der Waals surface area contributed by atoms with Gasteiger partial charge in [0.2, 0.25) is 0 Å². The van der Waals surface area contributed by atoms with Crippen LogP contribution in [0.5, 0.6) is 0 Å².